The average molecular weight is 420 g/mol. The first-order chi connectivity index (χ1) is 13.9. The largest absolute Gasteiger partial charge is 0.390 e. The standard InChI is InChI=1S/C20H25N3O5S/c24-19(15-21-12-5-2-6-13-21)16-22(17-8-7-9-18(14-17)23(25)26)29(27,28)20-10-3-1-4-11-20/h1,3-4,7-11,14,19,24H,2,5-6,12-13,15-16H2/t19-/m0/s1. The molecule has 1 N–H and O–H groups in total. The average Bonchev–Trinajstić information content (AvgIpc) is 2.73. The van der Waals surface area contributed by atoms with Crippen molar-refractivity contribution in [2.45, 2.75) is 30.3 Å². The van der Waals surface area contributed by atoms with Gasteiger partial charge in [0.2, 0.25) is 0 Å². The van der Waals surface area contributed by atoms with Crippen LogP contribution in [0.15, 0.2) is 59.5 Å². The van der Waals surface area contributed by atoms with Crippen molar-refractivity contribution >= 4 is 21.4 Å². The van der Waals surface area contributed by atoms with Gasteiger partial charge in [-0.2, -0.15) is 0 Å². The van der Waals surface area contributed by atoms with Crippen LogP contribution in [0.2, 0.25) is 0 Å². The zero-order chi connectivity index (χ0) is 20.9. The molecule has 0 saturated carbocycles. The molecule has 2 aromatic carbocycles. The van der Waals surface area contributed by atoms with Crippen molar-refractivity contribution in [3.05, 3.63) is 64.7 Å². The van der Waals surface area contributed by atoms with Crippen LogP contribution in [-0.2, 0) is 10.0 Å². The molecule has 9 heteroatoms. The van der Waals surface area contributed by atoms with Crippen LogP contribution in [-0.4, -0.2) is 55.6 Å². The Balaban J connectivity index is 1.91. The summed E-state index contributed by atoms with van der Waals surface area (Å²) in [5.41, 5.74) is -0.0537. The Morgan fingerprint density at radius 2 is 1.76 bits per heavy atom. The minimum atomic E-state index is -4.00. The maximum Gasteiger partial charge on any atom is 0.271 e. The highest BCUT2D eigenvalue weighted by Crippen LogP contribution is 2.27. The summed E-state index contributed by atoms with van der Waals surface area (Å²) in [6, 6.07) is 13.3. The molecule has 0 bridgehead atoms. The van der Waals surface area contributed by atoms with Crippen LogP contribution in [0.4, 0.5) is 11.4 Å². The number of piperidine rings is 1. The van der Waals surface area contributed by atoms with Gasteiger partial charge < -0.3 is 10.0 Å². The summed E-state index contributed by atoms with van der Waals surface area (Å²) in [7, 11) is -4.00. The molecule has 0 radical (unpaired) electrons. The molecule has 8 nitrogen and oxygen atoms in total. The number of β-amino-alcohol motifs (C(OH)–C–C–N with tert-alkyl or cyclic N) is 1. The van der Waals surface area contributed by atoms with E-state index in [1.165, 1.54) is 36.4 Å². The molecular formula is C20H25N3O5S. The first kappa shape index (κ1) is 21.2. The fraction of sp³-hybridized carbons (Fsp3) is 0.400. The summed E-state index contributed by atoms with van der Waals surface area (Å²) in [5.74, 6) is 0. The van der Waals surface area contributed by atoms with E-state index in [9.17, 15) is 23.6 Å². The van der Waals surface area contributed by atoms with E-state index in [1.54, 1.807) is 18.2 Å². The number of likely N-dealkylation sites (tertiary alicyclic amines) is 1. The molecule has 156 valence electrons. The second kappa shape index (κ2) is 9.34. The zero-order valence-corrected chi connectivity index (χ0v) is 16.9. The second-order valence-electron chi connectivity index (χ2n) is 7.14. The van der Waals surface area contributed by atoms with Crippen LogP contribution in [0, 0.1) is 10.1 Å². The summed E-state index contributed by atoms with van der Waals surface area (Å²) >= 11 is 0. The first-order valence-electron chi connectivity index (χ1n) is 9.60. The maximum absolute atomic E-state index is 13.3. The fourth-order valence-electron chi connectivity index (χ4n) is 3.51. The summed E-state index contributed by atoms with van der Waals surface area (Å²) < 4.78 is 27.6. The Morgan fingerprint density at radius 1 is 1.07 bits per heavy atom. The molecule has 1 aliphatic heterocycles. The van der Waals surface area contributed by atoms with Gasteiger partial charge in [-0.1, -0.05) is 30.7 Å². The lowest BCUT2D eigenvalue weighted by Crippen LogP contribution is -2.44. The van der Waals surface area contributed by atoms with E-state index in [0.717, 1.165) is 36.7 Å². The summed E-state index contributed by atoms with van der Waals surface area (Å²) in [6.45, 7) is 1.92. The third-order valence-corrected chi connectivity index (χ3v) is 6.76. The van der Waals surface area contributed by atoms with E-state index in [1.807, 2.05) is 0 Å². The molecule has 3 rings (SSSR count). The number of benzene rings is 2. The van der Waals surface area contributed by atoms with Crippen molar-refractivity contribution in [1.29, 1.82) is 0 Å². The Kier molecular flexibility index (Phi) is 6.83. The molecule has 1 heterocycles. The minimum Gasteiger partial charge on any atom is -0.390 e. The summed E-state index contributed by atoms with van der Waals surface area (Å²) in [5, 5.41) is 21.8. The Bertz CT molecular complexity index is 930. The molecule has 1 aliphatic rings. The SMILES string of the molecule is O=[N+]([O-])c1cccc(N(C[C@@H](O)CN2CCCCC2)S(=O)(=O)c2ccccc2)c1. The lowest BCUT2D eigenvalue weighted by Gasteiger charge is -2.31. The highest BCUT2D eigenvalue weighted by molar-refractivity contribution is 7.92. The number of hydrogen-bond acceptors (Lipinski definition) is 6. The van der Waals surface area contributed by atoms with Crippen LogP contribution in [0.5, 0.6) is 0 Å². The van der Waals surface area contributed by atoms with Crippen molar-refractivity contribution in [3.8, 4) is 0 Å². The van der Waals surface area contributed by atoms with E-state index in [2.05, 4.69) is 4.90 Å². The van der Waals surface area contributed by atoms with Crippen molar-refractivity contribution in [2.24, 2.45) is 0 Å². The molecule has 0 spiro atoms. The van der Waals surface area contributed by atoms with Gasteiger partial charge in [-0.25, -0.2) is 8.42 Å². The molecule has 2 aromatic rings. The Hall–Kier alpha value is -2.49. The van der Waals surface area contributed by atoms with Crippen LogP contribution in [0.1, 0.15) is 19.3 Å². The topological polar surface area (TPSA) is 104 Å². The predicted octanol–water partition coefficient (Wildman–Crippen LogP) is 2.64. The molecule has 0 amide bonds. The predicted molar refractivity (Wildman–Crippen MR) is 110 cm³/mol. The molecular weight excluding hydrogens is 394 g/mol. The van der Waals surface area contributed by atoms with Crippen molar-refractivity contribution in [2.75, 3.05) is 30.5 Å². The summed E-state index contributed by atoms with van der Waals surface area (Å²) in [6.07, 6.45) is 2.35. The van der Waals surface area contributed by atoms with E-state index in [-0.39, 0.29) is 22.8 Å². The van der Waals surface area contributed by atoms with Crippen molar-refractivity contribution < 1.29 is 18.4 Å². The lowest BCUT2D eigenvalue weighted by molar-refractivity contribution is -0.384. The number of anilines is 1. The molecule has 1 saturated heterocycles. The number of rotatable bonds is 8. The van der Waals surface area contributed by atoms with E-state index >= 15 is 0 Å². The highest BCUT2D eigenvalue weighted by Gasteiger charge is 2.29. The number of aliphatic hydroxyl groups excluding tert-OH is 1. The van der Waals surface area contributed by atoms with Gasteiger partial charge in [0.05, 0.1) is 28.2 Å². The third-order valence-electron chi connectivity index (χ3n) is 4.95. The van der Waals surface area contributed by atoms with Gasteiger partial charge in [-0.3, -0.25) is 14.4 Å². The van der Waals surface area contributed by atoms with E-state index in [4.69, 9.17) is 0 Å². The van der Waals surface area contributed by atoms with Crippen LogP contribution in [0.3, 0.4) is 0 Å². The van der Waals surface area contributed by atoms with E-state index in [0.29, 0.717) is 6.54 Å². The van der Waals surface area contributed by atoms with E-state index < -0.39 is 21.1 Å². The molecule has 0 unspecified atom stereocenters. The quantitative estimate of drug-likeness (QED) is 0.521. The van der Waals surface area contributed by atoms with Crippen LogP contribution in [0.25, 0.3) is 0 Å². The minimum absolute atomic E-state index is 0.0664. The van der Waals surface area contributed by atoms with Crippen molar-refractivity contribution in [1.82, 2.24) is 4.90 Å². The normalized spacial score (nSPS) is 16.3. The maximum atomic E-state index is 13.3. The Labute approximate surface area is 170 Å². The molecule has 0 aromatic heterocycles. The van der Waals surface area contributed by atoms with Gasteiger partial charge in [0.25, 0.3) is 15.7 Å². The monoisotopic (exact) mass is 419 g/mol. The number of sulfonamides is 1. The number of aliphatic hydroxyl groups is 1. The van der Waals surface area contributed by atoms with Gasteiger partial charge in [-0.05, 0) is 44.1 Å². The Morgan fingerprint density at radius 3 is 2.41 bits per heavy atom. The van der Waals surface area contributed by atoms with Crippen molar-refractivity contribution in [3.63, 3.8) is 0 Å². The number of hydrogen-bond donors (Lipinski definition) is 1. The third kappa shape index (κ3) is 5.31. The fourth-order valence-corrected chi connectivity index (χ4v) is 5.03. The number of nitrogens with zero attached hydrogens (tertiary/aromatic N) is 3. The lowest BCUT2D eigenvalue weighted by atomic mass is 10.1. The summed E-state index contributed by atoms with van der Waals surface area (Å²) in [4.78, 5) is 12.8. The smallest absolute Gasteiger partial charge is 0.271 e. The second-order valence-corrected chi connectivity index (χ2v) is 9.00. The van der Waals surface area contributed by atoms with Gasteiger partial charge >= 0.3 is 0 Å². The van der Waals surface area contributed by atoms with Crippen LogP contribution < -0.4 is 4.31 Å². The van der Waals surface area contributed by atoms with Gasteiger partial charge in [0, 0.05) is 18.7 Å². The number of non-ortho nitro benzene ring substituents is 1. The number of nitro groups is 1. The zero-order valence-electron chi connectivity index (χ0n) is 16.1. The molecule has 1 fully saturated rings. The molecule has 29 heavy (non-hydrogen) atoms. The van der Waals surface area contributed by atoms with Gasteiger partial charge in [0.1, 0.15) is 0 Å². The molecule has 0 aliphatic carbocycles. The van der Waals surface area contributed by atoms with Gasteiger partial charge in [0.15, 0.2) is 0 Å². The highest BCUT2D eigenvalue weighted by atomic mass is 32.2. The van der Waals surface area contributed by atoms with Crippen LogP contribution >= 0.6 is 0 Å². The number of nitro benzene ring substituents is 1. The van der Waals surface area contributed by atoms with Gasteiger partial charge in [-0.15, -0.1) is 0 Å². The molecule has 1 atom stereocenters. The first-order valence-corrected chi connectivity index (χ1v) is 11.0.